The van der Waals surface area contributed by atoms with E-state index >= 15 is 0 Å². The normalized spacial score (nSPS) is 11.3. The van der Waals surface area contributed by atoms with E-state index in [0.717, 1.165) is 17.0 Å². The molecule has 1 aromatic rings. The van der Waals surface area contributed by atoms with Crippen molar-refractivity contribution in [3.63, 3.8) is 0 Å². The van der Waals surface area contributed by atoms with Crippen LogP contribution in [0, 0.1) is 13.8 Å². The Morgan fingerprint density at radius 3 is 2.32 bits per heavy atom. The lowest BCUT2D eigenvalue weighted by Crippen LogP contribution is -2.40. The quantitative estimate of drug-likeness (QED) is 0.909. The number of hydrogen-bond donors (Lipinski definition) is 1. The van der Waals surface area contributed by atoms with Crippen LogP contribution < -0.4 is 5.73 Å². The van der Waals surface area contributed by atoms with Gasteiger partial charge >= 0.3 is 0 Å². The Kier molecular flexibility index (Phi) is 9.08. The highest BCUT2D eigenvalue weighted by Crippen LogP contribution is 2.13. The third-order valence-corrected chi connectivity index (χ3v) is 3.38. The summed E-state index contributed by atoms with van der Waals surface area (Å²) in [6.45, 7) is 6.34. The summed E-state index contributed by atoms with van der Waals surface area (Å²) in [6.07, 6.45) is 0.395. The molecule has 0 aliphatic carbocycles. The molecule has 7 heteroatoms. The second-order valence-corrected chi connectivity index (χ2v) is 4.54. The molecule has 1 unspecified atom stereocenters. The summed E-state index contributed by atoms with van der Waals surface area (Å²) in [6, 6.07) is 0.0692. The fourth-order valence-corrected chi connectivity index (χ4v) is 1.75. The first-order valence-corrected chi connectivity index (χ1v) is 5.83. The van der Waals surface area contributed by atoms with Gasteiger partial charge in [-0.1, -0.05) is 0 Å². The molecule has 0 aliphatic rings. The van der Waals surface area contributed by atoms with Crippen LogP contribution in [0.4, 0.5) is 0 Å². The number of aryl methyl sites for hydroxylation is 2. The summed E-state index contributed by atoms with van der Waals surface area (Å²) in [5, 5.41) is 4.31. The molecule has 19 heavy (non-hydrogen) atoms. The third-order valence-electron chi connectivity index (χ3n) is 3.38. The van der Waals surface area contributed by atoms with Gasteiger partial charge in [-0.25, -0.2) is 0 Å². The van der Waals surface area contributed by atoms with Gasteiger partial charge in [-0.3, -0.25) is 9.48 Å². The van der Waals surface area contributed by atoms with Gasteiger partial charge in [0.1, 0.15) is 0 Å². The van der Waals surface area contributed by atoms with E-state index in [1.165, 1.54) is 0 Å². The van der Waals surface area contributed by atoms with Crippen molar-refractivity contribution in [3.05, 3.63) is 17.0 Å². The van der Waals surface area contributed by atoms with Crippen molar-refractivity contribution in [3.8, 4) is 0 Å². The van der Waals surface area contributed by atoms with E-state index in [1.807, 2.05) is 32.5 Å². The average Bonchev–Trinajstić information content (AvgIpc) is 2.53. The van der Waals surface area contributed by atoms with E-state index in [0.29, 0.717) is 13.0 Å². The Balaban J connectivity index is 0. The number of amides is 1. The Morgan fingerprint density at radius 1 is 1.42 bits per heavy atom. The van der Waals surface area contributed by atoms with Crippen LogP contribution in [-0.2, 0) is 18.3 Å². The summed E-state index contributed by atoms with van der Waals surface area (Å²) in [5.74, 6) is 0.0853. The molecule has 0 aliphatic heterocycles. The second-order valence-electron chi connectivity index (χ2n) is 4.54. The van der Waals surface area contributed by atoms with E-state index in [1.54, 1.807) is 11.9 Å². The van der Waals surface area contributed by atoms with Crippen LogP contribution in [0.25, 0.3) is 0 Å². The van der Waals surface area contributed by atoms with Crippen molar-refractivity contribution in [2.24, 2.45) is 12.8 Å². The van der Waals surface area contributed by atoms with Gasteiger partial charge in [0.05, 0.1) is 12.1 Å². The number of likely N-dealkylation sites (N-methyl/N-ethyl adjacent to an activating group) is 1. The zero-order chi connectivity index (χ0) is 13.2. The molecule has 1 amide bonds. The lowest BCUT2D eigenvalue weighted by Gasteiger charge is -2.23. The Labute approximate surface area is 127 Å². The first kappa shape index (κ1) is 20.5. The molecular weight excluding hydrogens is 287 g/mol. The fourth-order valence-electron chi connectivity index (χ4n) is 1.75. The molecule has 0 fully saturated rings. The maximum absolute atomic E-state index is 12.1. The Morgan fingerprint density at radius 2 is 1.95 bits per heavy atom. The summed E-state index contributed by atoms with van der Waals surface area (Å²) >= 11 is 0. The number of nitrogens with two attached hydrogens (primary N) is 1. The summed E-state index contributed by atoms with van der Waals surface area (Å²) in [4.78, 5) is 13.8. The molecular formula is C12H24Cl2N4O. The molecule has 1 aromatic heterocycles. The molecule has 1 atom stereocenters. The zero-order valence-corrected chi connectivity index (χ0v) is 13.8. The molecule has 2 N–H and O–H groups in total. The number of carbonyl (C=O) groups is 1. The fraction of sp³-hybridized carbons (Fsp3) is 0.667. The lowest BCUT2D eigenvalue weighted by atomic mass is 10.1. The van der Waals surface area contributed by atoms with Gasteiger partial charge in [0, 0.05) is 37.9 Å². The van der Waals surface area contributed by atoms with Gasteiger partial charge in [-0.2, -0.15) is 5.10 Å². The maximum Gasteiger partial charge on any atom is 0.227 e. The van der Waals surface area contributed by atoms with Crippen LogP contribution in [0.1, 0.15) is 23.9 Å². The minimum atomic E-state index is 0. The number of rotatable bonds is 4. The monoisotopic (exact) mass is 310 g/mol. The molecule has 112 valence electrons. The van der Waals surface area contributed by atoms with E-state index in [-0.39, 0.29) is 36.8 Å². The first-order chi connectivity index (χ1) is 7.88. The number of carbonyl (C=O) groups excluding carboxylic acids is 1. The minimum Gasteiger partial charge on any atom is -0.341 e. The van der Waals surface area contributed by atoms with E-state index < -0.39 is 0 Å². The number of nitrogens with zero attached hydrogens (tertiary/aromatic N) is 3. The highest BCUT2D eigenvalue weighted by atomic mass is 35.5. The second kappa shape index (κ2) is 8.40. The summed E-state index contributed by atoms with van der Waals surface area (Å²) in [7, 11) is 3.68. The molecule has 1 rings (SSSR count). The van der Waals surface area contributed by atoms with Gasteiger partial charge < -0.3 is 10.6 Å². The molecule has 1 heterocycles. The number of hydrogen-bond acceptors (Lipinski definition) is 3. The Bertz CT molecular complexity index is 420. The van der Waals surface area contributed by atoms with Crippen molar-refractivity contribution >= 4 is 30.7 Å². The van der Waals surface area contributed by atoms with Gasteiger partial charge in [-0.05, 0) is 20.8 Å². The molecule has 0 saturated carbocycles. The Hall–Kier alpha value is -0.780. The summed E-state index contributed by atoms with van der Waals surface area (Å²) < 4.78 is 1.81. The molecule has 0 radical (unpaired) electrons. The van der Waals surface area contributed by atoms with E-state index in [4.69, 9.17) is 5.73 Å². The van der Waals surface area contributed by atoms with Gasteiger partial charge in [0.2, 0.25) is 5.91 Å². The van der Waals surface area contributed by atoms with Crippen molar-refractivity contribution in [2.45, 2.75) is 33.2 Å². The molecule has 5 nitrogen and oxygen atoms in total. The predicted octanol–water partition coefficient (Wildman–Crippen LogP) is 1.23. The largest absolute Gasteiger partial charge is 0.341 e. The molecule has 0 saturated heterocycles. The van der Waals surface area contributed by atoms with E-state index in [9.17, 15) is 4.79 Å². The van der Waals surface area contributed by atoms with Crippen molar-refractivity contribution in [1.82, 2.24) is 14.7 Å². The van der Waals surface area contributed by atoms with Crippen LogP contribution in [-0.4, -0.2) is 40.2 Å². The van der Waals surface area contributed by atoms with Crippen LogP contribution in [0.15, 0.2) is 0 Å². The third kappa shape index (κ3) is 4.67. The van der Waals surface area contributed by atoms with Crippen LogP contribution in [0.3, 0.4) is 0 Å². The van der Waals surface area contributed by atoms with Crippen molar-refractivity contribution < 1.29 is 4.79 Å². The molecule has 0 aromatic carbocycles. The lowest BCUT2D eigenvalue weighted by molar-refractivity contribution is -0.130. The maximum atomic E-state index is 12.1. The van der Waals surface area contributed by atoms with Gasteiger partial charge in [0.25, 0.3) is 0 Å². The highest BCUT2D eigenvalue weighted by Gasteiger charge is 2.18. The van der Waals surface area contributed by atoms with Crippen LogP contribution in [0.2, 0.25) is 0 Å². The van der Waals surface area contributed by atoms with Crippen LogP contribution >= 0.6 is 24.8 Å². The minimum absolute atomic E-state index is 0. The zero-order valence-electron chi connectivity index (χ0n) is 12.1. The SMILES string of the molecule is Cc1nn(C)c(C)c1CC(=O)N(C)C(C)CN.Cl.Cl. The number of aromatic nitrogens is 2. The predicted molar refractivity (Wildman–Crippen MR) is 82.2 cm³/mol. The average molecular weight is 311 g/mol. The topological polar surface area (TPSA) is 64.2 Å². The van der Waals surface area contributed by atoms with Gasteiger partial charge in [0.15, 0.2) is 0 Å². The smallest absolute Gasteiger partial charge is 0.227 e. The summed E-state index contributed by atoms with van der Waals surface area (Å²) in [5.41, 5.74) is 8.55. The molecule has 0 bridgehead atoms. The standard InChI is InChI=1S/C12H22N4O.2ClH/c1-8(7-13)15(4)12(17)6-11-9(2)14-16(5)10(11)3;;/h8H,6-7,13H2,1-5H3;2*1H. The number of halogens is 2. The molecule has 0 spiro atoms. The van der Waals surface area contributed by atoms with Crippen LogP contribution in [0.5, 0.6) is 0 Å². The highest BCUT2D eigenvalue weighted by molar-refractivity contribution is 5.85. The van der Waals surface area contributed by atoms with E-state index in [2.05, 4.69) is 5.10 Å². The van der Waals surface area contributed by atoms with Crippen molar-refractivity contribution in [2.75, 3.05) is 13.6 Å². The van der Waals surface area contributed by atoms with Gasteiger partial charge in [-0.15, -0.1) is 24.8 Å². The first-order valence-electron chi connectivity index (χ1n) is 5.83. The van der Waals surface area contributed by atoms with Crippen molar-refractivity contribution in [1.29, 1.82) is 0 Å².